The van der Waals surface area contributed by atoms with Gasteiger partial charge in [0.1, 0.15) is 8.85 Å². The number of aromatic carboxylic acids is 1. The highest BCUT2D eigenvalue weighted by atomic mass is 127. The number of aryl methyl sites for hydroxylation is 1. The molecule has 5 heteroatoms. The van der Waals surface area contributed by atoms with Crippen molar-refractivity contribution in [3.8, 4) is 0 Å². The number of nitrogens with zero attached hydrogens (tertiary/aromatic N) is 1. The summed E-state index contributed by atoms with van der Waals surface area (Å²) < 4.78 is 0.695. The molecule has 0 bridgehead atoms. The number of aromatic nitrogens is 1. The van der Waals surface area contributed by atoms with Crippen LogP contribution in [0.3, 0.4) is 0 Å². The van der Waals surface area contributed by atoms with Crippen LogP contribution in [0.15, 0.2) is 6.07 Å². The molecule has 1 N–H and O–H groups in total. The van der Waals surface area contributed by atoms with Gasteiger partial charge >= 0.3 is 5.97 Å². The van der Waals surface area contributed by atoms with Crippen molar-refractivity contribution in [3.63, 3.8) is 0 Å². The molecular weight excluding hydrogens is 292 g/mol. The smallest absolute Gasteiger partial charge is 0.339 e. The number of pyridine rings is 1. The topological polar surface area (TPSA) is 50.2 Å². The summed E-state index contributed by atoms with van der Waals surface area (Å²) in [5.74, 6) is -1.04. The quantitative estimate of drug-likeness (QED) is 0.639. The SMILES string of the molecule is Cc1cc(I)nc(Cl)c1C(=O)O. The van der Waals surface area contributed by atoms with Gasteiger partial charge in [-0.25, -0.2) is 9.78 Å². The summed E-state index contributed by atoms with van der Waals surface area (Å²) in [5.41, 5.74) is 0.712. The third-order valence-electron chi connectivity index (χ3n) is 1.36. The Kier molecular flexibility index (Phi) is 2.89. The molecule has 0 aliphatic carbocycles. The normalized spacial score (nSPS) is 9.92. The maximum absolute atomic E-state index is 10.6. The van der Waals surface area contributed by atoms with E-state index in [0.717, 1.165) is 0 Å². The van der Waals surface area contributed by atoms with Crippen molar-refractivity contribution in [1.82, 2.24) is 4.98 Å². The summed E-state index contributed by atoms with van der Waals surface area (Å²) in [6.07, 6.45) is 0. The first-order valence-corrected chi connectivity index (χ1v) is 4.54. The molecule has 0 spiro atoms. The van der Waals surface area contributed by atoms with Gasteiger partial charge < -0.3 is 5.11 Å². The van der Waals surface area contributed by atoms with Crippen molar-refractivity contribution in [2.45, 2.75) is 6.92 Å². The summed E-state index contributed by atoms with van der Waals surface area (Å²) in [6, 6.07) is 1.68. The fourth-order valence-corrected chi connectivity index (χ4v) is 2.02. The molecule has 0 radical (unpaired) electrons. The predicted octanol–water partition coefficient (Wildman–Crippen LogP) is 2.35. The number of rotatable bonds is 1. The summed E-state index contributed by atoms with van der Waals surface area (Å²) in [4.78, 5) is 14.5. The van der Waals surface area contributed by atoms with Gasteiger partial charge in [0.2, 0.25) is 0 Å². The average Bonchev–Trinajstić information content (AvgIpc) is 1.82. The number of carbonyl (C=O) groups is 1. The molecule has 0 unspecified atom stereocenters. The lowest BCUT2D eigenvalue weighted by atomic mass is 10.2. The second kappa shape index (κ2) is 3.57. The summed E-state index contributed by atoms with van der Waals surface area (Å²) in [7, 11) is 0. The lowest BCUT2D eigenvalue weighted by molar-refractivity contribution is 0.0696. The lowest BCUT2D eigenvalue weighted by Crippen LogP contribution is -2.03. The monoisotopic (exact) mass is 297 g/mol. The number of halogens is 2. The summed E-state index contributed by atoms with van der Waals surface area (Å²) in [5, 5.41) is 8.76. The van der Waals surface area contributed by atoms with Crippen molar-refractivity contribution < 1.29 is 9.90 Å². The molecule has 1 aromatic heterocycles. The van der Waals surface area contributed by atoms with E-state index in [9.17, 15) is 4.79 Å². The first kappa shape index (κ1) is 9.73. The minimum absolute atomic E-state index is 0.0481. The third-order valence-corrected chi connectivity index (χ3v) is 2.18. The van der Waals surface area contributed by atoms with Gasteiger partial charge in [0, 0.05) is 0 Å². The zero-order valence-electron chi connectivity index (χ0n) is 6.14. The minimum Gasteiger partial charge on any atom is -0.478 e. The van der Waals surface area contributed by atoms with Crippen LogP contribution in [0.1, 0.15) is 15.9 Å². The molecule has 1 aromatic rings. The van der Waals surface area contributed by atoms with Crippen molar-refractivity contribution in [2.24, 2.45) is 0 Å². The number of carboxylic acids is 1. The molecule has 0 aromatic carbocycles. The van der Waals surface area contributed by atoms with Crippen LogP contribution in [-0.2, 0) is 0 Å². The van der Waals surface area contributed by atoms with Gasteiger partial charge in [-0.1, -0.05) is 11.6 Å². The Balaban J connectivity index is 3.38. The van der Waals surface area contributed by atoms with Gasteiger partial charge in [0.15, 0.2) is 0 Å². The van der Waals surface area contributed by atoms with E-state index in [1.54, 1.807) is 13.0 Å². The highest BCUT2D eigenvalue weighted by Gasteiger charge is 2.13. The summed E-state index contributed by atoms with van der Waals surface area (Å²) >= 11 is 7.62. The fraction of sp³-hybridized carbons (Fsp3) is 0.143. The van der Waals surface area contributed by atoms with Crippen LogP contribution in [0.5, 0.6) is 0 Å². The van der Waals surface area contributed by atoms with E-state index < -0.39 is 5.97 Å². The standard InChI is InChI=1S/C7H5ClINO2/c1-3-2-4(9)10-6(8)5(3)7(11)12/h2H,1H3,(H,11,12). The van der Waals surface area contributed by atoms with Crippen LogP contribution in [-0.4, -0.2) is 16.1 Å². The molecule has 0 atom stereocenters. The number of carboxylic acid groups (broad SMARTS) is 1. The van der Waals surface area contributed by atoms with E-state index >= 15 is 0 Å². The average molecular weight is 297 g/mol. The van der Waals surface area contributed by atoms with E-state index in [-0.39, 0.29) is 10.7 Å². The molecule has 1 rings (SSSR count). The van der Waals surface area contributed by atoms with Gasteiger partial charge in [-0.05, 0) is 41.1 Å². The van der Waals surface area contributed by atoms with E-state index in [4.69, 9.17) is 16.7 Å². The first-order valence-electron chi connectivity index (χ1n) is 3.08. The molecule has 12 heavy (non-hydrogen) atoms. The molecule has 0 fully saturated rings. The Morgan fingerprint density at radius 3 is 2.75 bits per heavy atom. The third kappa shape index (κ3) is 1.87. The highest BCUT2D eigenvalue weighted by molar-refractivity contribution is 14.1. The van der Waals surface area contributed by atoms with Crippen LogP contribution in [0.2, 0.25) is 5.15 Å². The van der Waals surface area contributed by atoms with Crippen LogP contribution in [0.4, 0.5) is 0 Å². The van der Waals surface area contributed by atoms with E-state index in [2.05, 4.69) is 4.98 Å². The van der Waals surface area contributed by atoms with Gasteiger partial charge in [0.05, 0.1) is 5.56 Å². The zero-order chi connectivity index (χ0) is 9.30. The molecule has 0 aliphatic heterocycles. The molecule has 1 heterocycles. The van der Waals surface area contributed by atoms with Crippen LogP contribution in [0.25, 0.3) is 0 Å². The summed E-state index contributed by atoms with van der Waals surface area (Å²) in [6.45, 7) is 1.69. The van der Waals surface area contributed by atoms with E-state index in [1.165, 1.54) is 0 Å². The van der Waals surface area contributed by atoms with Gasteiger partial charge in [-0.3, -0.25) is 0 Å². The Labute approximate surface area is 87.9 Å². The molecule has 0 aliphatic rings. The maximum Gasteiger partial charge on any atom is 0.339 e. The maximum atomic E-state index is 10.6. The van der Waals surface area contributed by atoms with Gasteiger partial charge in [-0.2, -0.15) is 0 Å². The van der Waals surface area contributed by atoms with Crippen LogP contribution >= 0.6 is 34.2 Å². The Bertz CT molecular complexity index is 317. The molecule has 3 nitrogen and oxygen atoms in total. The fourth-order valence-electron chi connectivity index (χ4n) is 0.852. The van der Waals surface area contributed by atoms with Crippen molar-refractivity contribution in [3.05, 3.63) is 26.0 Å². The zero-order valence-corrected chi connectivity index (χ0v) is 9.05. The molecule has 0 saturated carbocycles. The Morgan fingerprint density at radius 2 is 2.33 bits per heavy atom. The Hall–Kier alpha value is -0.360. The van der Waals surface area contributed by atoms with E-state index in [1.807, 2.05) is 22.6 Å². The lowest BCUT2D eigenvalue weighted by Gasteiger charge is -2.02. The molecule has 0 saturated heterocycles. The van der Waals surface area contributed by atoms with Crippen molar-refractivity contribution in [1.29, 1.82) is 0 Å². The Morgan fingerprint density at radius 1 is 1.75 bits per heavy atom. The minimum atomic E-state index is -1.04. The second-order valence-corrected chi connectivity index (χ2v) is 3.70. The van der Waals surface area contributed by atoms with Crippen molar-refractivity contribution in [2.75, 3.05) is 0 Å². The number of hydrogen-bond donors (Lipinski definition) is 1. The van der Waals surface area contributed by atoms with Crippen molar-refractivity contribution >= 4 is 40.2 Å². The molecule has 0 amide bonds. The largest absolute Gasteiger partial charge is 0.478 e. The first-order chi connectivity index (χ1) is 5.52. The molecule has 64 valence electrons. The second-order valence-electron chi connectivity index (χ2n) is 2.23. The molecular formula is C7H5ClINO2. The van der Waals surface area contributed by atoms with Crippen LogP contribution in [0, 0.1) is 10.6 Å². The van der Waals surface area contributed by atoms with Gasteiger partial charge in [0.25, 0.3) is 0 Å². The highest BCUT2D eigenvalue weighted by Crippen LogP contribution is 2.19. The number of hydrogen-bond acceptors (Lipinski definition) is 2. The van der Waals surface area contributed by atoms with E-state index in [0.29, 0.717) is 9.26 Å². The predicted molar refractivity (Wildman–Crippen MR) is 53.7 cm³/mol. The van der Waals surface area contributed by atoms with Crippen LogP contribution < -0.4 is 0 Å². The van der Waals surface area contributed by atoms with Gasteiger partial charge in [-0.15, -0.1) is 0 Å².